The van der Waals surface area contributed by atoms with Crippen LogP contribution in [0.1, 0.15) is 42.3 Å². The van der Waals surface area contributed by atoms with Gasteiger partial charge in [0.15, 0.2) is 0 Å². The van der Waals surface area contributed by atoms with Gasteiger partial charge in [-0.3, -0.25) is 4.79 Å². The predicted molar refractivity (Wildman–Crippen MR) is 111 cm³/mol. The summed E-state index contributed by atoms with van der Waals surface area (Å²) in [5, 5.41) is 3.49. The Morgan fingerprint density at radius 1 is 1.18 bits per heavy atom. The van der Waals surface area contributed by atoms with E-state index in [-0.39, 0.29) is 17.3 Å². The molecule has 0 aromatic heterocycles. The summed E-state index contributed by atoms with van der Waals surface area (Å²) < 4.78 is 19.5. The number of carbonyl (C=O) groups excluding carboxylic acids is 1. The van der Waals surface area contributed by atoms with Gasteiger partial charge in [-0.05, 0) is 62.6 Å². The van der Waals surface area contributed by atoms with E-state index in [0.717, 1.165) is 5.56 Å². The Kier molecular flexibility index (Phi) is 7.58. The number of carbonyl (C=O) groups is 1. The molecule has 0 heterocycles. The van der Waals surface area contributed by atoms with Crippen LogP contribution in [-0.4, -0.2) is 30.7 Å². The number of ether oxygens (including phenoxy) is 1. The van der Waals surface area contributed by atoms with Crippen LogP contribution in [0.15, 0.2) is 42.5 Å². The van der Waals surface area contributed by atoms with Crippen LogP contribution >= 0.6 is 11.6 Å². The lowest BCUT2D eigenvalue weighted by atomic mass is 9.93. The fourth-order valence-electron chi connectivity index (χ4n) is 3.04. The molecule has 152 valence electrons. The first-order valence-electron chi connectivity index (χ1n) is 9.23. The van der Waals surface area contributed by atoms with Crippen LogP contribution in [0, 0.1) is 5.82 Å². The van der Waals surface area contributed by atoms with Crippen molar-refractivity contribution in [3.63, 3.8) is 0 Å². The number of amides is 1. The summed E-state index contributed by atoms with van der Waals surface area (Å²) in [4.78, 5) is 12.7. The van der Waals surface area contributed by atoms with E-state index in [0.29, 0.717) is 29.0 Å². The molecule has 4 nitrogen and oxygen atoms in total. The van der Waals surface area contributed by atoms with E-state index in [1.54, 1.807) is 43.5 Å². The molecular weight excluding hydrogens is 379 g/mol. The molecule has 0 radical (unpaired) electrons. The van der Waals surface area contributed by atoms with Crippen LogP contribution in [0.2, 0.25) is 5.02 Å². The molecule has 0 bridgehead atoms. The normalized spacial score (nSPS) is 13.8. The van der Waals surface area contributed by atoms with Gasteiger partial charge in [0.2, 0.25) is 0 Å². The monoisotopic (exact) mass is 406 g/mol. The molecule has 0 spiro atoms. The second kappa shape index (κ2) is 9.50. The van der Waals surface area contributed by atoms with Crippen molar-refractivity contribution in [1.29, 1.82) is 0 Å². The molecule has 2 rings (SSSR count). The molecule has 0 saturated heterocycles. The molecule has 0 saturated carbocycles. The van der Waals surface area contributed by atoms with E-state index in [1.165, 1.54) is 6.07 Å². The van der Waals surface area contributed by atoms with Gasteiger partial charge in [-0.15, -0.1) is 0 Å². The van der Waals surface area contributed by atoms with Gasteiger partial charge in [0.05, 0.1) is 6.10 Å². The smallest absolute Gasteiger partial charge is 0.251 e. The maximum absolute atomic E-state index is 14.0. The Morgan fingerprint density at radius 2 is 1.86 bits per heavy atom. The van der Waals surface area contributed by atoms with Crippen LogP contribution in [0.5, 0.6) is 0 Å². The molecule has 0 fully saturated rings. The first-order valence-corrected chi connectivity index (χ1v) is 9.61. The molecule has 2 aromatic carbocycles. The number of nitrogens with one attached hydrogen (secondary N) is 1. The Morgan fingerprint density at radius 3 is 2.46 bits per heavy atom. The Balaban J connectivity index is 2.22. The van der Waals surface area contributed by atoms with E-state index in [9.17, 15) is 9.18 Å². The molecule has 2 atom stereocenters. The van der Waals surface area contributed by atoms with Crippen LogP contribution in [0.25, 0.3) is 0 Å². The third kappa shape index (κ3) is 6.30. The highest BCUT2D eigenvalue weighted by molar-refractivity contribution is 6.30. The minimum absolute atomic E-state index is 0.184. The van der Waals surface area contributed by atoms with Crippen molar-refractivity contribution in [3.8, 4) is 0 Å². The second-order valence-corrected chi connectivity index (χ2v) is 8.38. The SMILES string of the molecule is CO[C@@H](Cc1cc(Cl)ccc1C(=O)NC(C)(C)C)[C@H](N)Cc1ccccc1F. The minimum Gasteiger partial charge on any atom is -0.379 e. The van der Waals surface area contributed by atoms with E-state index in [4.69, 9.17) is 22.1 Å². The third-order valence-corrected chi connectivity index (χ3v) is 4.65. The molecule has 0 aliphatic heterocycles. The van der Waals surface area contributed by atoms with Gasteiger partial charge in [-0.25, -0.2) is 4.39 Å². The van der Waals surface area contributed by atoms with Gasteiger partial charge in [0.1, 0.15) is 5.82 Å². The molecule has 1 amide bonds. The third-order valence-electron chi connectivity index (χ3n) is 4.42. The molecule has 28 heavy (non-hydrogen) atoms. The van der Waals surface area contributed by atoms with Crippen LogP contribution in [0.4, 0.5) is 4.39 Å². The first kappa shape index (κ1) is 22.3. The molecular formula is C22H28ClFN2O2. The fourth-order valence-corrected chi connectivity index (χ4v) is 3.23. The van der Waals surface area contributed by atoms with E-state index >= 15 is 0 Å². The van der Waals surface area contributed by atoms with Crippen molar-refractivity contribution in [2.75, 3.05) is 7.11 Å². The van der Waals surface area contributed by atoms with Crippen molar-refractivity contribution in [2.45, 2.75) is 51.3 Å². The molecule has 0 unspecified atom stereocenters. The van der Waals surface area contributed by atoms with Crippen molar-refractivity contribution in [2.24, 2.45) is 5.73 Å². The van der Waals surface area contributed by atoms with Crippen LogP contribution in [-0.2, 0) is 17.6 Å². The number of hydrogen-bond acceptors (Lipinski definition) is 3. The minimum atomic E-state index is -0.445. The highest BCUT2D eigenvalue weighted by atomic mass is 35.5. The average molecular weight is 407 g/mol. The number of hydrogen-bond donors (Lipinski definition) is 2. The van der Waals surface area contributed by atoms with Gasteiger partial charge >= 0.3 is 0 Å². The van der Waals surface area contributed by atoms with Gasteiger partial charge in [0.25, 0.3) is 5.91 Å². The lowest BCUT2D eigenvalue weighted by molar-refractivity contribution is 0.0795. The molecule has 0 aliphatic carbocycles. The Labute approximate surface area is 171 Å². The lowest BCUT2D eigenvalue weighted by Crippen LogP contribution is -2.42. The van der Waals surface area contributed by atoms with Crippen LogP contribution in [0.3, 0.4) is 0 Å². The van der Waals surface area contributed by atoms with Gasteiger partial charge in [-0.2, -0.15) is 0 Å². The average Bonchev–Trinajstić information content (AvgIpc) is 2.60. The van der Waals surface area contributed by atoms with Crippen LogP contribution < -0.4 is 11.1 Å². The predicted octanol–water partition coefficient (Wildman–Crippen LogP) is 4.13. The van der Waals surface area contributed by atoms with Gasteiger partial charge < -0.3 is 15.8 Å². The summed E-state index contributed by atoms with van der Waals surface area (Å²) in [6, 6.07) is 11.2. The van der Waals surface area contributed by atoms with E-state index < -0.39 is 12.1 Å². The molecule has 0 aliphatic rings. The summed E-state index contributed by atoms with van der Waals surface area (Å²) >= 11 is 6.16. The highest BCUT2D eigenvalue weighted by Crippen LogP contribution is 2.21. The van der Waals surface area contributed by atoms with Gasteiger partial charge in [0, 0.05) is 35.7 Å². The summed E-state index contributed by atoms with van der Waals surface area (Å²) in [6.45, 7) is 5.76. The molecule has 2 aromatic rings. The van der Waals surface area contributed by atoms with Gasteiger partial charge in [-0.1, -0.05) is 29.8 Å². The fraction of sp³-hybridized carbons (Fsp3) is 0.409. The lowest BCUT2D eigenvalue weighted by Gasteiger charge is -2.25. The topological polar surface area (TPSA) is 64.3 Å². The Bertz CT molecular complexity index is 820. The maximum Gasteiger partial charge on any atom is 0.251 e. The number of nitrogens with two attached hydrogens (primary N) is 1. The summed E-state index contributed by atoms with van der Waals surface area (Å²) in [6.07, 6.45) is 0.314. The summed E-state index contributed by atoms with van der Waals surface area (Å²) in [5.41, 5.74) is 7.76. The van der Waals surface area contributed by atoms with E-state index in [1.807, 2.05) is 20.8 Å². The number of halogens is 2. The number of benzene rings is 2. The summed E-state index contributed by atoms with van der Waals surface area (Å²) in [5.74, 6) is -0.475. The quantitative estimate of drug-likeness (QED) is 0.726. The first-order chi connectivity index (χ1) is 13.1. The van der Waals surface area contributed by atoms with Crippen molar-refractivity contribution in [3.05, 3.63) is 70.0 Å². The zero-order chi connectivity index (χ0) is 20.9. The second-order valence-electron chi connectivity index (χ2n) is 7.94. The van der Waals surface area contributed by atoms with Crippen molar-refractivity contribution in [1.82, 2.24) is 5.32 Å². The largest absolute Gasteiger partial charge is 0.379 e. The highest BCUT2D eigenvalue weighted by Gasteiger charge is 2.24. The maximum atomic E-state index is 14.0. The number of methoxy groups -OCH3 is 1. The standard InChI is InChI=1S/C22H28ClFN2O2/c1-22(2,3)26-21(27)17-10-9-16(23)11-15(17)13-20(28-4)19(25)12-14-7-5-6-8-18(14)24/h5-11,19-20H,12-13,25H2,1-4H3,(H,26,27)/t19-,20+/m1/s1. The Hall–Kier alpha value is -1.95. The number of rotatable bonds is 7. The zero-order valence-electron chi connectivity index (χ0n) is 16.8. The van der Waals surface area contributed by atoms with Crippen molar-refractivity contribution >= 4 is 17.5 Å². The summed E-state index contributed by atoms with van der Waals surface area (Å²) in [7, 11) is 1.56. The van der Waals surface area contributed by atoms with Crippen molar-refractivity contribution < 1.29 is 13.9 Å². The van der Waals surface area contributed by atoms with E-state index in [2.05, 4.69) is 5.32 Å². The molecule has 6 heteroatoms. The zero-order valence-corrected chi connectivity index (χ0v) is 17.5. The molecule has 3 N–H and O–H groups in total.